The Morgan fingerprint density at radius 1 is 1.55 bits per heavy atom. The summed E-state index contributed by atoms with van der Waals surface area (Å²) in [5.74, 6) is 0. The van der Waals surface area contributed by atoms with Crippen LogP contribution in [-0.4, -0.2) is 15.5 Å². The van der Waals surface area contributed by atoms with Crippen LogP contribution in [0, 0.1) is 13.8 Å². The highest BCUT2D eigenvalue weighted by molar-refractivity contribution is 9.09. The molecule has 0 fully saturated rings. The van der Waals surface area contributed by atoms with Gasteiger partial charge in [0, 0.05) is 16.6 Å². The number of aryl methyl sites for hydroxylation is 2. The van der Waals surface area contributed by atoms with Crippen molar-refractivity contribution in [2.45, 2.75) is 13.8 Å². The number of aromatic nitrogens is 2. The highest BCUT2D eigenvalue weighted by Gasteiger charge is 2.00. The molecule has 11 heavy (non-hydrogen) atoms. The van der Waals surface area contributed by atoms with E-state index in [9.17, 15) is 0 Å². The van der Waals surface area contributed by atoms with E-state index in [1.165, 1.54) is 5.56 Å². The van der Waals surface area contributed by atoms with Crippen molar-refractivity contribution in [1.29, 1.82) is 0 Å². The van der Waals surface area contributed by atoms with Crippen LogP contribution in [0.3, 0.4) is 0 Å². The summed E-state index contributed by atoms with van der Waals surface area (Å²) in [5, 5.41) is 7.89. The highest BCUT2D eigenvalue weighted by atomic mass is 79.9. The van der Waals surface area contributed by atoms with E-state index in [-0.39, 0.29) is 0 Å². The number of halogens is 1. The minimum absolute atomic E-state index is 0.886. The van der Waals surface area contributed by atoms with Gasteiger partial charge in [-0.25, -0.2) is 0 Å². The van der Waals surface area contributed by atoms with E-state index in [1.807, 2.05) is 13.8 Å². The summed E-state index contributed by atoms with van der Waals surface area (Å²) in [5.41, 5.74) is 3.38. The Labute approximate surface area is 74.8 Å². The predicted molar refractivity (Wildman–Crippen MR) is 50.9 cm³/mol. The molecule has 0 atom stereocenters. The van der Waals surface area contributed by atoms with E-state index in [0.29, 0.717) is 0 Å². The van der Waals surface area contributed by atoms with Gasteiger partial charge in [-0.05, 0) is 13.8 Å². The lowest BCUT2D eigenvalue weighted by atomic mass is 10.2. The van der Waals surface area contributed by atoms with Crippen molar-refractivity contribution < 1.29 is 0 Å². The number of rotatable bonds is 2. The maximum atomic E-state index is 4.08. The third-order valence-corrected chi connectivity index (χ3v) is 1.93. The first-order valence-electron chi connectivity index (χ1n) is 3.49. The van der Waals surface area contributed by atoms with Gasteiger partial charge in [-0.1, -0.05) is 28.1 Å². The third-order valence-electron chi connectivity index (χ3n) is 1.56. The van der Waals surface area contributed by atoms with E-state index >= 15 is 0 Å². The zero-order chi connectivity index (χ0) is 8.27. The first kappa shape index (κ1) is 8.53. The highest BCUT2D eigenvalue weighted by Crippen LogP contribution is 2.10. The van der Waals surface area contributed by atoms with E-state index in [1.54, 1.807) is 0 Å². The molecule has 0 aliphatic rings. The van der Waals surface area contributed by atoms with Gasteiger partial charge in [-0.2, -0.15) is 5.10 Å². The Morgan fingerprint density at radius 2 is 2.27 bits per heavy atom. The van der Waals surface area contributed by atoms with Crippen molar-refractivity contribution in [2.24, 2.45) is 0 Å². The summed E-state index contributed by atoms with van der Waals surface area (Å²) >= 11 is 3.33. The molecule has 0 saturated carbocycles. The van der Waals surface area contributed by atoms with Gasteiger partial charge in [-0.15, -0.1) is 0 Å². The number of alkyl halides is 1. The fourth-order valence-corrected chi connectivity index (χ4v) is 1.15. The van der Waals surface area contributed by atoms with Gasteiger partial charge in [0.25, 0.3) is 0 Å². The number of nitrogens with one attached hydrogen (secondary N) is 1. The summed E-state index contributed by atoms with van der Waals surface area (Å²) in [6.45, 7) is 4.02. The second kappa shape index (κ2) is 3.72. The summed E-state index contributed by atoms with van der Waals surface area (Å²) < 4.78 is 0. The maximum absolute atomic E-state index is 4.08. The van der Waals surface area contributed by atoms with Crippen LogP contribution in [0.5, 0.6) is 0 Å². The first-order valence-corrected chi connectivity index (χ1v) is 4.62. The molecule has 1 aromatic rings. The summed E-state index contributed by atoms with van der Waals surface area (Å²) in [6, 6.07) is 0. The molecule has 0 unspecified atom stereocenters. The molecule has 2 nitrogen and oxygen atoms in total. The summed E-state index contributed by atoms with van der Waals surface area (Å²) in [4.78, 5) is 0. The van der Waals surface area contributed by atoms with Gasteiger partial charge in [0.05, 0.1) is 5.69 Å². The van der Waals surface area contributed by atoms with Crippen LogP contribution in [0.1, 0.15) is 17.0 Å². The van der Waals surface area contributed by atoms with Crippen LogP contribution in [-0.2, 0) is 0 Å². The standard InChI is InChI=1S/C8H11BrN2/c1-6-8(4-3-5-9)7(2)11-10-6/h3-4H,5H2,1-2H3,(H,10,11). The fraction of sp³-hybridized carbons (Fsp3) is 0.375. The molecule has 1 heterocycles. The van der Waals surface area contributed by atoms with Gasteiger partial charge in [0.2, 0.25) is 0 Å². The van der Waals surface area contributed by atoms with E-state index < -0.39 is 0 Å². The Morgan fingerprint density at radius 3 is 2.73 bits per heavy atom. The average molecular weight is 215 g/mol. The van der Waals surface area contributed by atoms with Crippen molar-refractivity contribution in [1.82, 2.24) is 10.2 Å². The molecule has 0 bridgehead atoms. The molecule has 0 saturated heterocycles. The molecule has 0 aromatic carbocycles. The number of aromatic amines is 1. The Hall–Kier alpha value is -0.570. The molecule has 1 N–H and O–H groups in total. The average Bonchev–Trinajstić information content (AvgIpc) is 2.29. The molecular formula is C8H11BrN2. The van der Waals surface area contributed by atoms with Crippen LogP contribution in [0.25, 0.3) is 6.08 Å². The molecule has 3 heteroatoms. The van der Waals surface area contributed by atoms with Crippen molar-refractivity contribution in [2.75, 3.05) is 5.33 Å². The molecule has 0 radical (unpaired) electrons. The first-order chi connectivity index (χ1) is 5.25. The lowest BCUT2D eigenvalue weighted by Gasteiger charge is -1.89. The van der Waals surface area contributed by atoms with E-state index in [0.717, 1.165) is 16.7 Å². The number of allylic oxidation sites excluding steroid dienone is 1. The van der Waals surface area contributed by atoms with Crippen molar-refractivity contribution >= 4 is 22.0 Å². The van der Waals surface area contributed by atoms with E-state index in [4.69, 9.17) is 0 Å². The van der Waals surface area contributed by atoms with Crippen LogP contribution in [0.15, 0.2) is 6.08 Å². The molecule has 1 rings (SSSR count). The van der Waals surface area contributed by atoms with Crippen molar-refractivity contribution in [3.05, 3.63) is 23.0 Å². The van der Waals surface area contributed by atoms with Gasteiger partial charge >= 0.3 is 0 Å². The molecule has 0 spiro atoms. The van der Waals surface area contributed by atoms with Crippen LogP contribution in [0.2, 0.25) is 0 Å². The molecule has 60 valence electrons. The fourth-order valence-electron chi connectivity index (χ4n) is 0.968. The predicted octanol–water partition coefficient (Wildman–Crippen LogP) is 2.43. The minimum atomic E-state index is 0.886. The maximum Gasteiger partial charge on any atom is 0.0666 e. The SMILES string of the molecule is Cc1n[nH]c(C)c1C=CCBr. The zero-order valence-corrected chi connectivity index (χ0v) is 8.27. The molecule has 0 amide bonds. The van der Waals surface area contributed by atoms with Crippen molar-refractivity contribution in [3.63, 3.8) is 0 Å². The topological polar surface area (TPSA) is 28.7 Å². The van der Waals surface area contributed by atoms with Crippen molar-refractivity contribution in [3.8, 4) is 0 Å². The van der Waals surface area contributed by atoms with Gasteiger partial charge in [-0.3, -0.25) is 5.10 Å². The Balaban J connectivity index is 2.92. The number of nitrogens with zero attached hydrogens (tertiary/aromatic N) is 1. The second-order valence-corrected chi connectivity index (χ2v) is 3.05. The van der Waals surface area contributed by atoms with Crippen LogP contribution in [0.4, 0.5) is 0 Å². The van der Waals surface area contributed by atoms with Gasteiger partial charge in [0.15, 0.2) is 0 Å². The lowest BCUT2D eigenvalue weighted by Crippen LogP contribution is -1.76. The quantitative estimate of drug-likeness (QED) is 0.754. The monoisotopic (exact) mass is 214 g/mol. The number of hydrogen-bond donors (Lipinski definition) is 1. The zero-order valence-electron chi connectivity index (χ0n) is 6.69. The molecule has 0 aliphatic heterocycles. The lowest BCUT2D eigenvalue weighted by molar-refractivity contribution is 1.02. The number of H-pyrrole nitrogens is 1. The molecule has 0 aliphatic carbocycles. The number of hydrogen-bond acceptors (Lipinski definition) is 1. The second-order valence-electron chi connectivity index (χ2n) is 2.40. The van der Waals surface area contributed by atoms with Crippen LogP contribution >= 0.6 is 15.9 Å². The van der Waals surface area contributed by atoms with Gasteiger partial charge < -0.3 is 0 Å². The Kier molecular flexibility index (Phi) is 2.88. The Bertz CT molecular complexity index is 244. The third kappa shape index (κ3) is 1.93. The molecular weight excluding hydrogens is 204 g/mol. The van der Waals surface area contributed by atoms with Crippen LogP contribution < -0.4 is 0 Å². The smallest absolute Gasteiger partial charge is 0.0666 e. The summed E-state index contributed by atoms with van der Waals surface area (Å²) in [7, 11) is 0. The normalized spacial score (nSPS) is 11.2. The minimum Gasteiger partial charge on any atom is -0.282 e. The van der Waals surface area contributed by atoms with Gasteiger partial charge in [0.1, 0.15) is 0 Å². The molecule has 1 aromatic heterocycles. The largest absolute Gasteiger partial charge is 0.282 e. The summed E-state index contributed by atoms with van der Waals surface area (Å²) in [6.07, 6.45) is 4.13. The van der Waals surface area contributed by atoms with E-state index in [2.05, 4.69) is 38.3 Å².